The second-order valence-corrected chi connectivity index (χ2v) is 8.94. The first-order valence-corrected chi connectivity index (χ1v) is 12.6. The Labute approximate surface area is 231 Å². The Kier molecular flexibility index (Phi) is 10.8. The number of unbranched alkanes of at least 4 members (excludes halogenated alkanes) is 1. The van der Waals surface area contributed by atoms with Gasteiger partial charge in [-0.3, -0.25) is 4.79 Å². The van der Waals surface area contributed by atoms with Crippen LogP contribution in [0.2, 0.25) is 10.0 Å². The normalized spacial score (nSPS) is 11.6. The first kappa shape index (κ1) is 28.8. The van der Waals surface area contributed by atoms with E-state index in [2.05, 4.69) is 17.5 Å². The van der Waals surface area contributed by atoms with E-state index in [1.54, 1.807) is 61.5 Å². The number of methoxy groups -OCH3 is 1. The van der Waals surface area contributed by atoms with Crippen molar-refractivity contribution in [3.8, 4) is 23.0 Å². The van der Waals surface area contributed by atoms with Gasteiger partial charge in [-0.2, -0.15) is 5.10 Å². The van der Waals surface area contributed by atoms with Crippen molar-refractivity contribution in [2.45, 2.75) is 32.8 Å². The van der Waals surface area contributed by atoms with Gasteiger partial charge in [0.1, 0.15) is 11.5 Å². The summed E-state index contributed by atoms with van der Waals surface area (Å²) in [6, 6.07) is 16.3. The molecule has 1 amide bonds. The van der Waals surface area contributed by atoms with Crippen LogP contribution >= 0.6 is 23.2 Å². The van der Waals surface area contributed by atoms with E-state index in [1.165, 1.54) is 19.4 Å². The number of hydrazone groups is 1. The number of nitrogens with zero attached hydrogens (tertiary/aromatic N) is 1. The molecule has 0 saturated carbocycles. The summed E-state index contributed by atoms with van der Waals surface area (Å²) < 4.78 is 22.1. The number of halogens is 2. The molecule has 0 aromatic heterocycles. The highest BCUT2D eigenvalue weighted by atomic mass is 35.5. The van der Waals surface area contributed by atoms with Crippen molar-refractivity contribution in [3.63, 3.8) is 0 Å². The minimum Gasteiger partial charge on any atom is -0.494 e. The molecule has 0 aliphatic rings. The molecule has 10 heteroatoms. The molecule has 8 nitrogen and oxygen atoms in total. The fraction of sp³-hybridized carbons (Fsp3) is 0.250. The summed E-state index contributed by atoms with van der Waals surface area (Å²) in [6.07, 6.45) is 2.56. The van der Waals surface area contributed by atoms with Crippen LogP contribution in [0.25, 0.3) is 0 Å². The molecule has 3 rings (SSSR count). The highest BCUT2D eigenvalue weighted by Crippen LogP contribution is 2.29. The predicted octanol–water partition coefficient (Wildman–Crippen LogP) is 6.32. The second-order valence-electron chi connectivity index (χ2n) is 8.10. The lowest BCUT2D eigenvalue weighted by atomic mass is 10.2. The fourth-order valence-corrected chi connectivity index (χ4v) is 3.56. The van der Waals surface area contributed by atoms with E-state index < -0.39 is 18.0 Å². The van der Waals surface area contributed by atoms with E-state index in [0.29, 0.717) is 45.0 Å². The maximum absolute atomic E-state index is 12.6. The Morgan fingerprint density at radius 2 is 1.74 bits per heavy atom. The molecule has 0 aliphatic carbocycles. The molecule has 3 aromatic rings. The molecule has 1 N–H and O–H groups in total. The minimum absolute atomic E-state index is 0.240. The van der Waals surface area contributed by atoms with E-state index >= 15 is 0 Å². The summed E-state index contributed by atoms with van der Waals surface area (Å²) in [7, 11) is 1.46. The van der Waals surface area contributed by atoms with Gasteiger partial charge in [0.25, 0.3) is 5.91 Å². The number of ether oxygens (including phenoxy) is 4. The molecule has 3 aromatic carbocycles. The van der Waals surface area contributed by atoms with E-state index in [0.717, 1.165) is 12.8 Å². The SMILES string of the molecule is CCCCOc1ccc(C(=O)Oc2ccc(/C=N\NC(=O)[C@@H](C)Oc3ccc(Cl)cc3Cl)cc2OC)cc1. The van der Waals surface area contributed by atoms with Gasteiger partial charge in [0.15, 0.2) is 17.6 Å². The molecule has 1 atom stereocenters. The third-order valence-corrected chi connectivity index (χ3v) is 5.73. The summed E-state index contributed by atoms with van der Waals surface area (Å²) in [5.41, 5.74) is 3.38. The smallest absolute Gasteiger partial charge is 0.343 e. The average molecular weight is 559 g/mol. The fourth-order valence-electron chi connectivity index (χ4n) is 3.11. The van der Waals surface area contributed by atoms with Gasteiger partial charge < -0.3 is 18.9 Å². The molecule has 0 unspecified atom stereocenters. The van der Waals surface area contributed by atoms with Crippen molar-refractivity contribution >= 4 is 41.3 Å². The second kappa shape index (κ2) is 14.3. The number of rotatable bonds is 12. The van der Waals surface area contributed by atoms with Crippen LogP contribution in [0.1, 0.15) is 42.6 Å². The van der Waals surface area contributed by atoms with Gasteiger partial charge in [-0.15, -0.1) is 0 Å². The van der Waals surface area contributed by atoms with Crippen LogP contribution in [0.5, 0.6) is 23.0 Å². The van der Waals surface area contributed by atoms with Crippen LogP contribution in [0.3, 0.4) is 0 Å². The molecule has 200 valence electrons. The number of amides is 1. The summed E-state index contributed by atoms with van der Waals surface area (Å²) in [5.74, 6) is 0.566. The monoisotopic (exact) mass is 558 g/mol. The van der Waals surface area contributed by atoms with Gasteiger partial charge in [0.05, 0.1) is 30.5 Å². The first-order valence-electron chi connectivity index (χ1n) is 11.9. The lowest BCUT2D eigenvalue weighted by molar-refractivity contribution is -0.127. The van der Waals surface area contributed by atoms with Crippen molar-refractivity contribution in [2.24, 2.45) is 5.10 Å². The molecule has 38 heavy (non-hydrogen) atoms. The number of nitrogens with one attached hydrogen (secondary N) is 1. The summed E-state index contributed by atoms with van der Waals surface area (Å²) in [6.45, 7) is 4.28. The van der Waals surface area contributed by atoms with Crippen molar-refractivity contribution < 1.29 is 28.5 Å². The van der Waals surface area contributed by atoms with Crippen LogP contribution in [-0.4, -0.2) is 37.9 Å². The number of hydrogen-bond donors (Lipinski definition) is 1. The third kappa shape index (κ3) is 8.39. The Hall–Kier alpha value is -3.75. The van der Waals surface area contributed by atoms with E-state index in [-0.39, 0.29) is 5.75 Å². The quantitative estimate of drug-likeness (QED) is 0.0918. The van der Waals surface area contributed by atoms with Crippen LogP contribution in [0.15, 0.2) is 65.8 Å². The summed E-state index contributed by atoms with van der Waals surface area (Å²) >= 11 is 12.0. The number of carbonyl (C=O) groups excluding carboxylic acids is 2. The van der Waals surface area contributed by atoms with Gasteiger partial charge >= 0.3 is 5.97 Å². The highest BCUT2D eigenvalue weighted by molar-refractivity contribution is 6.35. The molecule has 0 fully saturated rings. The van der Waals surface area contributed by atoms with Gasteiger partial charge in [-0.05, 0) is 79.6 Å². The number of hydrogen-bond acceptors (Lipinski definition) is 7. The number of esters is 1. The van der Waals surface area contributed by atoms with Crippen LogP contribution in [0.4, 0.5) is 0 Å². The molecule has 0 heterocycles. The largest absolute Gasteiger partial charge is 0.494 e. The summed E-state index contributed by atoms with van der Waals surface area (Å²) in [4.78, 5) is 24.9. The Balaban J connectivity index is 1.56. The average Bonchev–Trinajstić information content (AvgIpc) is 2.91. The molecule has 0 aliphatic heterocycles. The number of benzene rings is 3. The first-order chi connectivity index (χ1) is 18.3. The third-order valence-electron chi connectivity index (χ3n) is 5.20. The van der Waals surface area contributed by atoms with Crippen molar-refractivity contribution in [1.82, 2.24) is 5.43 Å². The molecule has 0 radical (unpaired) electrons. The zero-order valence-corrected chi connectivity index (χ0v) is 22.7. The van der Waals surface area contributed by atoms with Crippen molar-refractivity contribution in [1.29, 1.82) is 0 Å². The van der Waals surface area contributed by atoms with E-state index in [1.807, 2.05) is 0 Å². The van der Waals surface area contributed by atoms with Gasteiger partial charge in [0.2, 0.25) is 0 Å². The predicted molar refractivity (Wildman–Crippen MR) is 147 cm³/mol. The molecular weight excluding hydrogens is 531 g/mol. The van der Waals surface area contributed by atoms with Gasteiger partial charge in [0, 0.05) is 5.02 Å². The van der Waals surface area contributed by atoms with Crippen molar-refractivity contribution in [3.05, 3.63) is 81.8 Å². The molecule has 0 spiro atoms. The van der Waals surface area contributed by atoms with Crippen molar-refractivity contribution in [2.75, 3.05) is 13.7 Å². The van der Waals surface area contributed by atoms with Gasteiger partial charge in [-0.1, -0.05) is 36.5 Å². The lowest BCUT2D eigenvalue weighted by Crippen LogP contribution is -2.33. The number of carbonyl (C=O) groups is 2. The molecule has 0 bridgehead atoms. The van der Waals surface area contributed by atoms with E-state index in [9.17, 15) is 9.59 Å². The Morgan fingerprint density at radius 3 is 2.42 bits per heavy atom. The minimum atomic E-state index is -0.862. The zero-order valence-electron chi connectivity index (χ0n) is 21.2. The van der Waals surface area contributed by atoms with E-state index in [4.69, 9.17) is 42.1 Å². The van der Waals surface area contributed by atoms with Crippen LogP contribution in [-0.2, 0) is 4.79 Å². The Bertz CT molecular complexity index is 1280. The lowest BCUT2D eigenvalue weighted by Gasteiger charge is -2.14. The highest BCUT2D eigenvalue weighted by Gasteiger charge is 2.16. The zero-order chi connectivity index (χ0) is 27.5. The van der Waals surface area contributed by atoms with Crippen LogP contribution < -0.4 is 24.4 Å². The Morgan fingerprint density at radius 1 is 1.00 bits per heavy atom. The maximum Gasteiger partial charge on any atom is 0.343 e. The molecular formula is C28H28Cl2N2O6. The molecule has 0 saturated heterocycles. The summed E-state index contributed by atoms with van der Waals surface area (Å²) in [5, 5.41) is 4.71. The standard InChI is InChI=1S/C28H28Cl2N2O6/c1-4-5-14-36-22-10-7-20(8-11-22)28(34)38-25-12-6-19(15-26(25)35-3)17-31-32-27(33)18(2)37-24-13-9-21(29)16-23(24)30/h6-13,15-18H,4-5,14H2,1-3H3,(H,32,33)/b31-17-/t18-/m1/s1. The maximum atomic E-state index is 12.6. The van der Waals surface area contributed by atoms with Crippen LogP contribution in [0, 0.1) is 0 Å². The topological polar surface area (TPSA) is 95.5 Å². The van der Waals surface area contributed by atoms with Gasteiger partial charge in [-0.25, -0.2) is 10.2 Å².